The minimum Gasteiger partial charge on any atom is -0.870 e. The fourth-order valence-electron chi connectivity index (χ4n) is 0. The van der Waals surface area contributed by atoms with Crippen molar-refractivity contribution in [2.45, 2.75) is 0 Å². The van der Waals surface area contributed by atoms with Crippen molar-refractivity contribution >= 4 is 10.4 Å². The summed E-state index contributed by atoms with van der Waals surface area (Å²) in [5.74, 6) is 0. The Morgan fingerprint density at radius 1 is 1.12 bits per heavy atom. The zero-order chi connectivity index (χ0) is 4.50. The third-order valence-electron chi connectivity index (χ3n) is 0. The summed E-state index contributed by atoms with van der Waals surface area (Å²) in [6.07, 6.45) is 0. The van der Waals surface area contributed by atoms with Gasteiger partial charge in [-0.05, 0) is 0 Å². The summed E-state index contributed by atoms with van der Waals surface area (Å²) in [4.78, 5) is 0. The van der Waals surface area contributed by atoms with Gasteiger partial charge in [0.05, 0.1) is 0 Å². The smallest absolute Gasteiger partial charge is 0.870 e. The molecule has 0 aliphatic rings. The topological polar surface area (TPSA) is 110 Å². The van der Waals surface area contributed by atoms with Gasteiger partial charge in [0.1, 0.15) is 0 Å². The van der Waals surface area contributed by atoms with Crippen LogP contribution in [-0.2, 0) is 46.9 Å². The molecule has 8 heteroatoms. The zero-order valence-corrected chi connectivity index (χ0v) is 8.54. The second-order valence-corrected chi connectivity index (χ2v) is 1.22. The van der Waals surface area contributed by atoms with Gasteiger partial charge in [-0.1, -0.05) is 0 Å². The molecule has 8 heavy (non-hydrogen) atoms. The number of hydrogen-bond acceptors (Lipinski definition) is 5. The Labute approximate surface area is 70.0 Å². The van der Waals surface area contributed by atoms with Crippen molar-refractivity contribution < 1.29 is 59.5 Å². The quantitative estimate of drug-likeness (QED) is 0.287. The summed E-state index contributed by atoms with van der Waals surface area (Å²) in [6, 6.07) is 0. The maximum absolute atomic E-state index is 8.52. The molecule has 5 nitrogen and oxygen atoms in total. The fourth-order valence-corrected chi connectivity index (χ4v) is 0. The van der Waals surface area contributed by atoms with Gasteiger partial charge in [0.25, 0.3) is 0 Å². The first-order valence-electron chi connectivity index (χ1n) is 0.667. The summed E-state index contributed by atoms with van der Waals surface area (Å²) < 4.78 is 34.1. The molecule has 0 rings (SSSR count). The second-order valence-electron chi connectivity index (χ2n) is 0.408. The van der Waals surface area contributed by atoms with Gasteiger partial charge in [-0.15, -0.1) is 0 Å². The first kappa shape index (κ1) is 23.1. The molecule has 0 saturated carbocycles. The Morgan fingerprint density at radius 3 is 1.12 bits per heavy atom. The summed E-state index contributed by atoms with van der Waals surface area (Å²) in [5.41, 5.74) is 0. The van der Waals surface area contributed by atoms with Crippen LogP contribution in [-0.4, -0.2) is 23.0 Å². The average Bonchev–Trinajstić information content (AvgIpc) is 0.722. The maximum Gasteiger partial charge on any atom is 2.00 e. The molecule has 0 heterocycles. The van der Waals surface area contributed by atoms with Gasteiger partial charge in [-0.25, -0.2) is 0 Å². The molecule has 0 atom stereocenters. The molecule has 0 saturated heterocycles. The summed E-state index contributed by atoms with van der Waals surface area (Å²) in [7, 11) is -5.17. The first-order chi connectivity index (χ1) is 2.00. The standard InChI is InChI=1S/Mn.H2O4S.H2O.Zn/c;1-5(2,3)4;;/h;(H2,1,2,3,4);1H2;/q+2;;;+2/p-3. The predicted molar refractivity (Wildman–Crippen MR) is 12.4 cm³/mol. The predicted octanol–water partition coefficient (Wildman–Crippen LogP) is -1.52. The zero-order valence-electron chi connectivity index (χ0n) is 3.57. The molecule has 0 aromatic heterocycles. The van der Waals surface area contributed by atoms with Crippen molar-refractivity contribution in [2.75, 3.05) is 0 Å². The normalized spacial score (nSPS) is 7.25. The van der Waals surface area contributed by atoms with Gasteiger partial charge in [-0.2, -0.15) is 0 Å². The minimum absolute atomic E-state index is 0. The van der Waals surface area contributed by atoms with E-state index in [4.69, 9.17) is 17.5 Å². The molecule has 0 aromatic rings. The minimum atomic E-state index is -5.17. The molecular weight excluding hydrogens is 232 g/mol. The van der Waals surface area contributed by atoms with Gasteiger partial charge in [0.15, 0.2) is 0 Å². The van der Waals surface area contributed by atoms with Crippen molar-refractivity contribution in [1.29, 1.82) is 0 Å². The molecule has 1 N–H and O–H groups in total. The molecular formula is HMnO5SZn+. The van der Waals surface area contributed by atoms with Crippen molar-refractivity contribution in [3.05, 3.63) is 0 Å². The largest absolute Gasteiger partial charge is 2.00 e. The van der Waals surface area contributed by atoms with Crippen LogP contribution in [0.1, 0.15) is 0 Å². The van der Waals surface area contributed by atoms with E-state index in [0.717, 1.165) is 0 Å². The van der Waals surface area contributed by atoms with Crippen LogP contribution in [0, 0.1) is 0 Å². The van der Waals surface area contributed by atoms with Gasteiger partial charge in [-0.3, -0.25) is 8.42 Å². The van der Waals surface area contributed by atoms with E-state index in [0.29, 0.717) is 0 Å². The van der Waals surface area contributed by atoms with Crippen molar-refractivity contribution in [2.24, 2.45) is 0 Å². The van der Waals surface area contributed by atoms with E-state index in [1.807, 2.05) is 0 Å². The van der Waals surface area contributed by atoms with Gasteiger partial charge in [0, 0.05) is 10.4 Å². The number of hydrogen-bond donors (Lipinski definition) is 0. The summed E-state index contributed by atoms with van der Waals surface area (Å²) in [5, 5.41) is 0. The van der Waals surface area contributed by atoms with Crippen molar-refractivity contribution in [3.63, 3.8) is 0 Å². The van der Waals surface area contributed by atoms with Crippen LogP contribution in [0.4, 0.5) is 0 Å². The fraction of sp³-hybridized carbons (Fsp3) is 0. The van der Waals surface area contributed by atoms with Crippen LogP contribution in [0.2, 0.25) is 0 Å². The van der Waals surface area contributed by atoms with Crippen LogP contribution in [0.5, 0.6) is 0 Å². The summed E-state index contributed by atoms with van der Waals surface area (Å²) >= 11 is 0. The van der Waals surface area contributed by atoms with Crippen LogP contribution in [0.25, 0.3) is 0 Å². The van der Waals surface area contributed by atoms with E-state index in [-0.39, 0.29) is 42.0 Å². The van der Waals surface area contributed by atoms with Gasteiger partial charge < -0.3 is 14.6 Å². The molecule has 0 bridgehead atoms. The van der Waals surface area contributed by atoms with Crippen LogP contribution in [0.3, 0.4) is 0 Å². The van der Waals surface area contributed by atoms with Crippen LogP contribution < -0.4 is 0 Å². The van der Waals surface area contributed by atoms with E-state index >= 15 is 0 Å². The molecule has 45 valence electrons. The van der Waals surface area contributed by atoms with Crippen LogP contribution >= 0.6 is 0 Å². The Balaban J connectivity index is -0.0000000267. The Morgan fingerprint density at radius 2 is 1.12 bits per heavy atom. The third kappa shape index (κ3) is 263. The molecule has 0 aromatic carbocycles. The molecule has 0 unspecified atom stereocenters. The van der Waals surface area contributed by atoms with Crippen molar-refractivity contribution in [3.8, 4) is 0 Å². The van der Waals surface area contributed by atoms with Gasteiger partial charge in [0.2, 0.25) is 0 Å². The van der Waals surface area contributed by atoms with E-state index in [1.54, 1.807) is 0 Å². The van der Waals surface area contributed by atoms with Crippen molar-refractivity contribution in [1.82, 2.24) is 0 Å². The SMILES string of the molecule is O=S(=O)([O-])[O-].[Mn+2].[OH-].[Zn+2]. The Bertz CT molecular complexity index is 95.6. The Hall–Kier alpha value is 0.973. The molecule has 0 aliphatic carbocycles. The average molecular weight is 233 g/mol. The van der Waals surface area contributed by atoms with E-state index in [9.17, 15) is 0 Å². The number of rotatable bonds is 0. The van der Waals surface area contributed by atoms with Gasteiger partial charge >= 0.3 is 36.5 Å². The van der Waals surface area contributed by atoms with E-state index < -0.39 is 10.4 Å². The summed E-state index contributed by atoms with van der Waals surface area (Å²) in [6.45, 7) is 0. The maximum atomic E-state index is 8.52. The van der Waals surface area contributed by atoms with Crippen LogP contribution in [0.15, 0.2) is 0 Å². The second kappa shape index (κ2) is 7.97. The molecule has 0 aliphatic heterocycles. The molecule has 0 spiro atoms. The van der Waals surface area contributed by atoms with E-state index in [2.05, 4.69) is 0 Å². The first-order valence-corrected chi connectivity index (χ1v) is 2.00. The molecule has 0 amide bonds. The van der Waals surface area contributed by atoms with E-state index in [1.165, 1.54) is 0 Å². The molecule has 1 radical (unpaired) electrons. The molecule has 0 fully saturated rings. The monoisotopic (exact) mass is 232 g/mol. The third-order valence-corrected chi connectivity index (χ3v) is 0. The Kier molecular flexibility index (Phi) is 23.0.